The lowest BCUT2D eigenvalue weighted by Gasteiger charge is -2.34. The Kier molecular flexibility index (Phi) is 4.78. The van der Waals surface area contributed by atoms with E-state index in [9.17, 15) is 0 Å². The van der Waals surface area contributed by atoms with Crippen LogP contribution in [0.2, 0.25) is 0 Å². The summed E-state index contributed by atoms with van der Waals surface area (Å²) in [6.45, 7) is 5.69. The number of rotatable bonds is 5. The first-order valence-electron chi connectivity index (χ1n) is 9.74. The summed E-state index contributed by atoms with van der Waals surface area (Å²) in [4.78, 5) is 2.59. The minimum absolute atomic E-state index is 0.714. The molecular weight excluding hydrogens is 304 g/mol. The molecule has 1 aromatic heterocycles. The van der Waals surface area contributed by atoms with Crippen molar-refractivity contribution in [1.82, 2.24) is 4.57 Å². The standard InChI is InChI=1S/C23H28N2/c1-2-3-15-24-18-14-21-22(24)10-7-11-23(21)25-16-12-20(13-17-25)19-8-5-4-6-9-19/h4-11,14,18,20H,2-3,12-13,15-17H2,1H3. The maximum absolute atomic E-state index is 2.59. The molecule has 1 saturated heterocycles. The molecule has 0 radical (unpaired) electrons. The second-order valence-electron chi connectivity index (χ2n) is 7.24. The predicted octanol–water partition coefficient (Wildman–Crippen LogP) is 5.83. The van der Waals surface area contributed by atoms with Crippen molar-refractivity contribution in [3.05, 3.63) is 66.4 Å². The molecule has 2 heteroatoms. The molecule has 1 aliphatic heterocycles. The van der Waals surface area contributed by atoms with Crippen molar-refractivity contribution in [3.8, 4) is 0 Å². The lowest BCUT2D eigenvalue weighted by Crippen LogP contribution is -2.32. The lowest BCUT2D eigenvalue weighted by atomic mass is 9.89. The Bertz CT molecular complexity index is 810. The number of aryl methyl sites for hydroxylation is 1. The number of nitrogens with zero attached hydrogens (tertiary/aromatic N) is 2. The number of piperidine rings is 1. The Morgan fingerprint density at radius 3 is 2.48 bits per heavy atom. The number of hydrogen-bond donors (Lipinski definition) is 0. The predicted molar refractivity (Wildman–Crippen MR) is 107 cm³/mol. The van der Waals surface area contributed by atoms with Gasteiger partial charge in [-0.1, -0.05) is 49.7 Å². The van der Waals surface area contributed by atoms with Crippen LogP contribution in [0.5, 0.6) is 0 Å². The normalized spacial score (nSPS) is 15.8. The number of benzene rings is 2. The van der Waals surface area contributed by atoms with Gasteiger partial charge in [-0.25, -0.2) is 0 Å². The van der Waals surface area contributed by atoms with E-state index in [4.69, 9.17) is 0 Å². The van der Waals surface area contributed by atoms with Gasteiger partial charge < -0.3 is 9.47 Å². The molecule has 0 amide bonds. The minimum atomic E-state index is 0.714. The third-order valence-electron chi connectivity index (χ3n) is 5.65. The number of aromatic nitrogens is 1. The van der Waals surface area contributed by atoms with E-state index in [1.165, 1.54) is 47.8 Å². The molecule has 130 valence electrons. The van der Waals surface area contributed by atoms with Crippen molar-refractivity contribution in [2.24, 2.45) is 0 Å². The van der Waals surface area contributed by atoms with Crippen LogP contribution in [0.25, 0.3) is 10.9 Å². The van der Waals surface area contributed by atoms with Crippen LogP contribution in [-0.2, 0) is 6.54 Å². The van der Waals surface area contributed by atoms with Gasteiger partial charge in [0.15, 0.2) is 0 Å². The van der Waals surface area contributed by atoms with Gasteiger partial charge in [0.05, 0.1) is 5.52 Å². The van der Waals surface area contributed by atoms with Crippen molar-refractivity contribution in [2.45, 2.75) is 45.1 Å². The molecule has 0 unspecified atom stereocenters. The fourth-order valence-corrected chi connectivity index (χ4v) is 4.19. The van der Waals surface area contributed by atoms with Gasteiger partial charge in [-0.2, -0.15) is 0 Å². The zero-order valence-electron chi connectivity index (χ0n) is 15.2. The number of unbranched alkanes of at least 4 members (excludes halogenated alkanes) is 1. The number of fused-ring (bicyclic) bond motifs is 1. The zero-order chi connectivity index (χ0) is 17.1. The van der Waals surface area contributed by atoms with Gasteiger partial charge in [0.2, 0.25) is 0 Å². The monoisotopic (exact) mass is 332 g/mol. The second kappa shape index (κ2) is 7.35. The largest absolute Gasteiger partial charge is 0.371 e. The van der Waals surface area contributed by atoms with Crippen LogP contribution in [0.3, 0.4) is 0 Å². The molecule has 1 fully saturated rings. The molecule has 0 atom stereocenters. The van der Waals surface area contributed by atoms with Gasteiger partial charge in [-0.15, -0.1) is 0 Å². The first kappa shape index (κ1) is 16.3. The lowest BCUT2D eigenvalue weighted by molar-refractivity contribution is 0.506. The summed E-state index contributed by atoms with van der Waals surface area (Å²) in [5.74, 6) is 0.714. The highest BCUT2D eigenvalue weighted by atomic mass is 15.1. The van der Waals surface area contributed by atoms with Gasteiger partial charge in [0, 0.05) is 36.9 Å². The Balaban J connectivity index is 1.52. The van der Waals surface area contributed by atoms with Gasteiger partial charge in [-0.3, -0.25) is 0 Å². The molecule has 25 heavy (non-hydrogen) atoms. The van der Waals surface area contributed by atoms with E-state index >= 15 is 0 Å². The Morgan fingerprint density at radius 2 is 1.72 bits per heavy atom. The molecule has 3 aromatic rings. The van der Waals surface area contributed by atoms with Gasteiger partial charge in [-0.05, 0) is 48.9 Å². The van der Waals surface area contributed by atoms with Crippen LogP contribution in [-0.4, -0.2) is 17.7 Å². The van der Waals surface area contributed by atoms with Gasteiger partial charge in [0.1, 0.15) is 0 Å². The Labute approximate surface area is 151 Å². The minimum Gasteiger partial charge on any atom is -0.371 e. The summed E-state index contributed by atoms with van der Waals surface area (Å²) in [6.07, 6.45) is 7.25. The highest BCUT2D eigenvalue weighted by Gasteiger charge is 2.22. The first-order valence-corrected chi connectivity index (χ1v) is 9.74. The van der Waals surface area contributed by atoms with Gasteiger partial charge >= 0.3 is 0 Å². The second-order valence-corrected chi connectivity index (χ2v) is 7.24. The van der Waals surface area contributed by atoms with Crippen molar-refractivity contribution in [2.75, 3.05) is 18.0 Å². The van der Waals surface area contributed by atoms with Crippen molar-refractivity contribution < 1.29 is 0 Å². The van der Waals surface area contributed by atoms with Crippen molar-refractivity contribution in [3.63, 3.8) is 0 Å². The van der Waals surface area contributed by atoms with E-state index in [1.54, 1.807) is 0 Å². The molecule has 2 heterocycles. The van der Waals surface area contributed by atoms with Crippen LogP contribution < -0.4 is 4.90 Å². The maximum Gasteiger partial charge on any atom is 0.0501 e. The van der Waals surface area contributed by atoms with Crippen LogP contribution in [0.4, 0.5) is 5.69 Å². The van der Waals surface area contributed by atoms with E-state index in [0.717, 1.165) is 19.6 Å². The highest BCUT2D eigenvalue weighted by Crippen LogP contribution is 2.34. The first-order chi connectivity index (χ1) is 12.4. The maximum atomic E-state index is 2.59. The molecule has 2 aromatic carbocycles. The SMILES string of the molecule is CCCCn1ccc2c(N3CCC(c4ccccc4)CC3)cccc21. The highest BCUT2D eigenvalue weighted by molar-refractivity contribution is 5.93. The Morgan fingerprint density at radius 1 is 0.920 bits per heavy atom. The molecule has 0 saturated carbocycles. The van der Waals surface area contributed by atoms with Crippen LogP contribution in [0, 0.1) is 0 Å². The van der Waals surface area contributed by atoms with Crippen molar-refractivity contribution in [1.29, 1.82) is 0 Å². The molecular formula is C23H28N2. The van der Waals surface area contributed by atoms with E-state index in [1.807, 2.05) is 0 Å². The molecule has 1 aliphatic rings. The summed E-state index contributed by atoms with van der Waals surface area (Å²) in [5.41, 5.74) is 4.31. The fourth-order valence-electron chi connectivity index (χ4n) is 4.19. The van der Waals surface area contributed by atoms with Gasteiger partial charge in [0.25, 0.3) is 0 Å². The summed E-state index contributed by atoms with van der Waals surface area (Å²) in [5, 5.41) is 1.41. The molecule has 4 rings (SSSR count). The number of hydrogen-bond acceptors (Lipinski definition) is 1. The third-order valence-corrected chi connectivity index (χ3v) is 5.65. The topological polar surface area (TPSA) is 8.17 Å². The molecule has 0 N–H and O–H groups in total. The molecule has 2 nitrogen and oxygen atoms in total. The zero-order valence-corrected chi connectivity index (χ0v) is 15.2. The molecule has 0 aliphatic carbocycles. The summed E-state index contributed by atoms with van der Waals surface area (Å²) < 4.78 is 2.42. The summed E-state index contributed by atoms with van der Waals surface area (Å²) >= 11 is 0. The number of anilines is 1. The third kappa shape index (κ3) is 3.30. The van der Waals surface area contributed by atoms with E-state index in [-0.39, 0.29) is 0 Å². The van der Waals surface area contributed by atoms with Crippen molar-refractivity contribution >= 4 is 16.6 Å². The molecule has 0 bridgehead atoms. The average molecular weight is 332 g/mol. The fraction of sp³-hybridized carbons (Fsp3) is 0.391. The van der Waals surface area contributed by atoms with Crippen LogP contribution in [0.15, 0.2) is 60.8 Å². The summed E-state index contributed by atoms with van der Waals surface area (Å²) in [6, 6.07) is 20.1. The smallest absolute Gasteiger partial charge is 0.0501 e. The Hall–Kier alpha value is -2.22. The quantitative estimate of drug-likeness (QED) is 0.571. The van der Waals surface area contributed by atoms with E-state index < -0.39 is 0 Å². The van der Waals surface area contributed by atoms with Crippen LogP contribution >= 0.6 is 0 Å². The van der Waals surface area contributed by atoms with Crippen LogP contribution in [0.1, 0.15) is 44.1 Å². The van der Waals surface area contributed by atoms with E-state index in [0.29, 0.717) is 5.92 Å². The molecule has 0 spiro atoms. The summed E-state index contributed by atoms with van der Waals surface area (Å²) in [7, 11) is 0. The van der Waals surface area contributed by atoms with E-state index in [2.05, 4.69) is 77.2 Å². The average Bonchev–Trinajstić information content (AvgIpc) is 3.10.